The highest BCUT2D eigenvalue weighted by Gasteiger charge is 2.18. The molecule has 6 heteroatoms. The van der Waals surface area contributed by atoms with Crippen LogP contribution in [0.3, 0.4) is 0 Å². The Morgan fingerprint density at radius 3 is 2.58 bits per heavy atom. The summed E-state index contributed by atoms with van der Waals surface area (Å²) < 4.78 is 12.5. The summed E-state index contributed by atoms with van der Waals surface area (Å²) in [7, 11) is 2.01. The van der Waals surface area contributed by atoms with E-state index in [0.29, 0.717) is 19.1 Å². The minimum Gasteiger partial charge on any atom is -0.463 e. The molecule has 0 bridgehead atoms. The van der Waals surface area contributed by atoms with Crippen LogP contribution in [0.2, 0.25) is 0 Å². The maximum Gasteiger partial charge on any atom is 0.302 e. The van der Waals surface area contributed by atoms with Gasteiger partial charge in [0.15, 0.2) is 0 Å². The molecule has 2 aromatic rings. The van der Waals surface area contributed by atoms with Crippen LogP contribution in [-0.2, 0) is 27.9 Å². The molecule has 24 heavy (non-hydrogen) atoms. The van der Waals surface area contributed by atoms with Gasteiger partial charge >= 0.3 is 5.97 Å². The molecule has 0 aliphatic heterocycles. The van der Waals surface area contributed by atoms with Gasteiger partial charge in [0, 0.05) is 18.9 Å². The second kappa shape index (κ2) is 8.89. The normalized spacial score (nSPS) is 11.0. The second-order valence-corrected chi connectivity index (χ2v) is 6.80. The van der Waals surface area contributed by atoms with E-state index in [1.807, 2.05) is 25.2 Å². The minimum absolute atomic E-state index is 0.266. The third-order valence-electron chi connectivity index (χ3n) is 3.43. The molecule has 0 radical (unpaired) electrons. The van der Waals surface area contributed by atoms with Gasteiger partial charge in [-0.1, -0.05) is 43.8 Å². The van der Waals surface area contributed by atoms with Gasteiger partial charge < -0.3 is 14.0 Å². The fourth-order valence-electron chi connectivity index (χ4n) is 2.18. The molecule has 0 aliphatic rings. The monoisotopic (exact) mass is 348 g/mol. The van der Waals surface area contributed by atoms with Crippen LogP contribution in [0, 0.1) is 0 Å². The van der Waals surface area contributed by atoms with Crippen molar-refractivity contribution in [2.24, 2.45) is 7.05 Å². The number of hydrogen-bond acceptors (Lipinski definition) is 5. The van der Waals surface area contributed by atoms with E-state index < -0.39 is 0 Å². The lowest BCUT2D eigenvalue weighted by atomic mass is 10.2. The average Bonchev–Trinajstić information content (AvgIpc) is 2.85. The number of carbonyl (C=O) groups excluding carboxylic acids is 1. The number of benzene rings is 1. The first-order chi connectivity index (χ1) is 11.5. The molecule has 0 unspecified atom stereocenters. The third-order valence-corrected chi connectivity index (χ3v) is 4.61. The molecule has 0 saturated heterocycles. The molecule has 0 fully saturated rings. The lowest BCUT2D eigenvalue weighted by Gasteiger charge is -2.09. The number of hydrogen-bond donors (Lipinski definition) is 0. The van der Waals surface area contributed by atoms with Crippen molar-refractivity contribution in [2.45, 2.75) is 43.2 Å². The van der Waals surface area contributed by atoms with Crippen molar-refractivity contribution in [1.82, 2.24) is 9.55 Å². The number of ether oxygens (including phenoxy) is 2. The molecule has 0 spiro atoms. The second-order valence-electron chi connectivity index (χ2n) is 5.74. The summed E-state index contributed by atoms with van der Waals surface area (Å²) in [6, 6.07) is 10.3. The van der Waals surface area contributed by atoms with E-state index in [9.17, 15) is 4.79 Å². The molecule has 130 valence electrons. The molecule has 1 aromatic heterocycles. The molecule has 0 N–H and O–H groups in total. The van der Waals surface area contributed by atoms with E-state index in [2.05, 4.69) is 30.5 Å². The molecule has 1 aromatic carbocycles. The fraction of sp³-hybridized carbons (Fsp3) is 0.444. The lowest BCUT2D eigenvalue weighted by molar-refractivity contribution is -0.142. The van der Waals surface area contributed by atoms with Crippen LogP contribution in [0.5, 0.6) is 0 Å². The SMILES string of the molecule is CC(=O)OCCOCc1nc(C(C)C)c(Sc2ccccc2)n1C. The van der Waals surface area contributed by atoms with E-state index >= 15 is 0 Å². The van der Waals surface area contributed by atoms with Crippen molar-refractivity contribution >= 4 is 17.7 Å². The zero-order valence-electron chi connectivity index (χ0n) is 14.6. The predicted octanol–water partition coefficient (Wildman–Crippen LogP) is 3.77. The Kier molecular flexibility index (Phi) is 6.87. The summed E-state index contributed by atoms with van der Waals surface area (Å²) in [5.41, 5.74) is 1.07. The van der Waals surface area contributed by atoms with Gasteiger partial charge in [-0.15, -0.1) is 0 Å². The van der Waals surface area contributed by atoms with E-state index in [-0.39, 0.29) is 12.6 Å². The summed E-state index contributed by atoms with van der Waals surface area (Å²) in [6.07, 6.45) is 0. The van der Waals surface area contributed by atoms with Crippen molar-refractivity contribution in [1.29, 1.82) is 0 Å². The maximum atomic E-state index is 10.7. The number of aromatic nitrogens is 2. The molecule has 1 heterocycles. The molecule has 2 rings (SSSR count). The van der Waals surface area contributed by atoms with Crippen LogP contribution >= 0.6 is 11.8 Å². The Labute approximate surface area is 147 Å². The molecular weight excluding hydrogens is 324 g/mol. The van der Waals surface area contributed by atoms with Gasteiger partial charge in [0.1, 0.15) is 24.1 Å². The average molecular weight is 348 g/mol. The van der Waals surface area contributed by atoms with Crippen LogP contribution in [0.1, 0.15) is 38.2 Å². The van der Waals surface area contributed by atoms with E-state index in [1.165, 1.54) is 11.8 Å². The molecule has 0 saturated carbocycles. The lowest BCUT2D eigenvalue weighted by Crippen LogP contribution is -2.09. The Morgan fingerprint density at radius 2 is 1.96 bits per heavy atom. The van der Waals surface area contributed by atoms with Gasteiger partial charge in [-0.3, -0.25) is 4.79 Å². The van der Waals surface area contributed by atoms with Crippen molar-refractivity contribution in [3.05, 3.63) is 41.9 Å². The Bertz CT molecular complexity index is 668. The number of carbonyl (C=O) groups is 1. The number of esters is 1. The van der Waals surface area contributed by atoms with Crippen LogP contribution < -0.4 is 0 Å². The highest BCUT2D eigenvalue weighted by molar-refractivity contribution is 7.99. The van der Waals surface area contributed by atoms with Crippen LogP contribution in [0.4, 0.5) is 0 Å². The third kappa shape index (κ3) is 5.11. The van der Waals surface area contributed by atoms with E-state index in [4.69, 9.17) is 14.5 Å². The summed E-state index contributed by atoms with van der Waals surface area (Å²) in [6.45, 7) is 6.70. The smallest absolute Gasteiger partial charge is 0.302 e. The standard InChI is InChI=1S/C18H24N2O3S/c1-13(2)17-18(24-15-8-6-5-7-9-15)20(4)16(19-17)12-22-10-11-23-14(3)21/h5-9,13H,10-12H2,1-4H3. The van der Waals surface area contributed by atoms with Crippen molar-refractivity contribution < 1.29 is 14.3 Å². The van der Waals surface area contributed by atoms with Crippen molar-refractivity contribution in [3.63, 3.8) is 0 Å². The summed E-state index contributed by atoms with van der Waals surface area (Å²) in [4.78, 5) is 16.7. The summed E-state index contributed by atoms with van der Waals surface area (Å²) in [5.74, 6) is 0.913. The Hall–Kier alpha value is -1.79. The maximum absolute atomic E-state index is 10.7. The number of imidazole rings is 1. The van der Waals surface area contributed by atoms with Gasteiger partial charge in [-0.2, -0.15) is 0 Å². The van der Waals surface area contributed by atoms with Crippen molar-refractivity contribution in [2.75, 3.05) is 13.2 Å². The van der Waals surface area contributed by atoms with Crippen molar-refractivity contribution in [3.8, 4) is 0 Å². The highest BCUT2D eigenvalue weighted by Crippen LogP contribution is 2.34. The molecular formula is C18H24N2O3S. The Balaban J connectivity index is 2.07. The van der Waals surface area contributed by atoms with Gasteiger partial charge in [-0.25, -0.2) is 4.98 Å². The van der Waals surface area contributed by atoms with Crippen LogP contribution in [0.25, 0.3) is 0 Å². The molecule has 0 atom stereocenters. The van der Waals surface area contributed by atoms with Gasteiger partial charge in [-0.05, 0) is 18.1 Å². The highest BCUT2D eigenvalue weighted by atomic mass is 32.2. The number of nitrogens with zero attached hydrogens (tertiary/aromatic N) is 2. The zero-order valence-corrected chi connectivity index (χ0v) is 15.4. The summed E-state index contributed by atoms with van der Waals surface area (Å²) in [5, 5.41) is 1.13. The number of rotatable bonds is 8. The minimum atomic E-state index is -0.292. The van der Waals surface area contributed by atoms with E-state index in [1.54, 1.807) is 11.8 Å². The van der Waals surface area contributed by atoms with E-state index in [0.717, 1.165) is 16.5 Å². The molecule has 0 amide bonds. The van der Waals surface area contributed by atoms with Crippen LogP contribution in [0.15, 0.2) is 40.3 Å². The first-order valence-electron chi connectivity index (χ1n) is 7.98. The van der Waals surface area contributed by atoms with Gasteiger partial charge in [0.05, 0.1) is 12.3 Å². The zero-order chi connectivity index (χ0) is 17.5. The Morgan fingerprint density at radius 1 is 1.25 bits per heavy atom. The van der Waals surface area contributed by atoms with Gasteiger partial charge in [0.25, 0.3) is 0 Å². The predicted molar refractivity (Wildman–Crippen MR) is 94.2 cm³/mol. The first-order valence-corrected chi connectivity index (χ1v) is 8.80. The largest absolute Gasteiger partial charge is 0.463 e. The van der Waals surface area contributed by atoms with Crippen LogP contribution in [-0.4, -0.2) is 28.7 Å². The summed E-state index contributed by atoms with van der Waals surface area (Å²) >= 11 is 1.71. The first kappa shape index (κ1) is 18.5. The molecule has 0 aliphatic carbocycles. The fourth-order valence-corrected chi connectivity index (χ4v) is 3.33. The quantitative estimate of drug-likeness (QED) is 0.537. The molecule has 5 nitrogen and oxygen atoms in total. The van der Waals surface area contributed by atoms with Gasteiger partial charge in [0.2, 0.25) is 0 Å². The topological polar surface area (TPSA) is 53.4 Å².